The van der Waals surface area contributed by atoms with Gasteiger partial charge in [-0.3, -0.25) is 28.8 Å². The van der Waals surface area contributed by atoms with Crippen LogP contribution in [0.5, 0.6) is 0 Å². The molecule has 12 nitrogen and oxygen atoms in total. The number of rotatable bonds is 73. The molecule has 0 aromatic rings. The number of allylic oxidation sites excluding steroid dienone is 1. The molecule has 614 valence electrons. The summed E-state index contributed by atoms with van der Waals surface area (Å²) in [5.41, 5.74) is 1.18. The van der Waals surface area contributed by atoms with Crippen molar-refractivity contribution in [1.29, 1.82) is 0 Å². The molecule has 2 fully saturated rings. The van der Waals surface area contributed by atoms with Gasteiger partial charge >= 0.3 is 23.9 Å². The van der Waals surface area contributed by atoms with Crippen LogP contribution in [0.1, 0.15) is 441 Å². The van der Waals surface area contributed by atoms with E-state index < -0.39 is 0 Å². The summed E-state index contributed by atoms with van der Waals surface area (Å²) in [4.78, 5) is 87.1. The predicted octanol–water partition coefficient (Wildman–Crippen LogP) is 27.0. The number of unbranched alkanes of at least 4 members (excludes halogenated alkanes) is 24. The van der Waals surface area contributed by atoms with Crippen LogP contribution < -0.4 is 0 Å². The number of likely N-dealkylation sites (tertiary alicyclic amines) is 1. The summed E-state index contributed by atoms with van der Waals surface area (Å²) in [6.07, 6.45) is 58.9. The van der Waals surface area contributed by atoms with E-state index in [2.05, 4.69) is 80.8 Å². The van der Waals surface area contributed by atoms with Gasteiger partial charge in [0.15, 0.2) is 5.12 Å². The normalized spacial score (nSPS) is 16.8. The first-order valence-electron chi connectivity index (χ1n) is 45.3. The number of esters is 4. The van der Waals surface area contributed by atoms with Gasteiger partial charge in [0, 0.05) is 61.7 Å². The Kier molecular flexibility index (Phi) is 63.0. The third kappa shape index (κ3) is 52.3. The van der Waals surface area contributed by atoms with Gasteiger partial charge in [-0.25, -0.2) is 0 Å². The van der Waals surface area contributed by atoms with Crippen molar-refractivity contribution in [3.8, 4) is 0 Å². The van der Waals surface area contributed by atoms with Crippen LogP contribution in [0.4, 0.5) is 4.79 Å². The number of ether oxygens (including phenoxy) is 4. The van der Waals surface area contributed by atoms with E-state index >= 15 is 0 Å². The maximum absolute atomic E-state index is 14.1. The minimum Gasteiger partial charge on any atom is -0.462 e. The molecule has 0 bridgehead atoms. The van der Waals surface area contributed by atoms with Crippen LogP contribution in [0.15, 0.2) is 12.2 Å². The SMILES string of the molecule is C=C(C)C1CC(SC(=O)N(CCCC(=O)OC(CCCCCCC)CCCCCCC)CCCC(=O)OC(CCCCCCC)CCCC(CCC)C(CCC)CCCC(CCCCCCC)OC(=O)CCCC(CCCC(=O)OC(CCCCCCC)CCCCCCC)C(=O)SC2CCN(C)C2)C1. The number of carbonyl (C=O) groups excluding carboxylic acids is 6. The predicted molar refractivity (Wildman–Crippen MR) is 448 cm³/mol. The van der Waals surface area contributed by atoms with Gasteiger partial charge in [-0.15, -0.1) is 0 Å². The van der Waals surface area contributed by atoms with Crippen molar-refractivity contribution >= 4 is 57.8 Å². The zero-order chi connectivity index (χ0) is 76.8. The summed E-state index contributed by atoms with van der Waals surface area (Å²) in [5, 5.41) is 0.790. The highest BCUT2D eigenvalue weighted by Crippen LogP contribution is 2.42. The van der Waals surface area contributed by atoms with E-state index in [1.807, 2.05) is 4.90 Å². The minimum absolute atomic E-state index is 0.0217. The molecule has 0 radical (unpaired) electrons. The number of hydrogen-bond acceptors (Lipinski definition) is 13. The van der Waals surface area contributed by atoms with Gasteiger partial charge in [0.2, 0.25) is 0 Å². The largest absolute Gasteiger partial charge is 0.462 e. The summed E-state index contributed by atoms with van der Waals surface area (Å²) in [6.45, 7) is 27.2. The molecular weight excluding hydrogens is 1350 g/mol. The van der Waals surface area contributed by atoms with Gasteiger partial charge in [-0.05, 0) is 199 Å². The molecule has 0 aromatic heterocycles. The number of thioether (sulfide) groups is 2. The fraction of sp³-hybridized carbons (Fsp3) is 0.912. The number of carbonyl (C=O) groups is 6. The van der Waals surface area contributed by atoms with Crippen molar-refractivity contribution in [1.82, 2.24) is 9.80 Å². The van der Waals surface area contributed by atoms with E-state index in [0.29, 0.717) is 82.2 Å². The lowest BCUT2D eigenvalue weighted by Gasteiger charge is -2.36. The Bertz CT molecular complexity index is 2130. The summed E-state index contributed by atoms with van der Waals surface area (Å²) >= 11 is 2.92. The summed E-state index contributed by atoms with van der Waals surface area (Å²) in [7, 11) is 2.12. The highest BCUT2D eigenvalue weighted by molar-refractivity contribution is 8.14. The molecule has 0 spiro atoms. The summed E-state index contributed by atoms with van der Waals surface area (Å²) < 4.78 is 25.3. The molecule has 2 aliphatic rings. The Morgan fingerprint density at radius 2 is 0.686 bits per heavy atom. The number of nitrogens with zero attached hydrogens (tertiary/aromatic N) is 2. The molecule has 1 aliphatic heterocycles. The average molecular weight is 1510 g/mol. The van der Waals surface area contributed by atoms with Crippen molar-refractivity contribution in [2.75, 3.05) is 33.2 Å². The van der Waals surface area contributed by atoms with Crippen molar-refractivity contribution < 1.29 is 47.7 Å². The lowest BCUT2D eigenvalue weighted by molar-refractivity contribution is -0.151. The van der Waals surface area contributed by atoms with Gasteiger partial charge in [0.05, 0.1) is 0 Å². The quantitative estimate of drug-likeness (QED) is 0.0247. The topological polar surface area (TPSA) is 146 Å². The van der Waals surface area contributed by atoms with E-state index in [0.717, 1.165) is 174 Å². The Hall–Kier alpha value is -2.58. The Morgan fingerprint density at radius 1 is 0.371 bits per heavy atom. The molecule has 1 saturated carbocycles. The number of amides is 1. The molecule has 1 saturated heterocycles. The molecule has 0 aromatic carbocycles. The monoisotopic (exact) mass is 1510 g/mol. The second-order valence-corrected chi connectivity index (χ2v) is 35.5. The Labute approximate surface area is 656 Å². The fourth-order valence-electron chi connectivity index (χ4n) is 16.1. The second-order valence-electron chi connectivity index (χ2n) is 32.9. The minimum atomic E-state index is -0.208. The molecule has 1 heterocycles. The maximum Gasteiger partial charge on any atom is 0.306 e. The first-order chi connectivity index (χ1) is 51.0. The Balaban J connectivity index is 2.13. The average Bonchev–Trinajstić information content (AvgIpc) is 1.41. The molecule has 6 unspecified atom stereocenters. The van der Waals surface area contributed by atoms with E-state index in [1.165, 1.54) is 183 Å². The van der Waals surface area contributed by atoms with E-state index in [1.54, 1.807) is 0 Å². The van der Waals surface area contributed by atoms with Gasteiger partial charge in [0.1, 0.15) is 24.4 Å². The first-order valence-corrected chi connectivity index (χ1v) is 47.1. The van der Waals surface area contributed by atoms with Crippen molar-refractivity contribution in [3.05, 3.63) is 12.2 Å². The van der Waals surface area contributed by atoms with Gasteiger partial charge < -0.3 is 28.7 Å². The van der Waals surface area contributed by atoms with Crippen LogP contribution in [-0.2, 0) is 42.9 Å². The van der Waals surface area contributed by atoms with Crippen molar-refractivity contribution in [2.45, 2.75) is 476 Å². The van der Waals surface area contributed by atoms with Crippen molar-refractivity contribution in [2.24, 2.45) is 23.7 Å². The third-order valence-corrected chi connectivity index (χ3v) is 25.4. The van der Waals surface area contributed by atoms with Crippen LogP contribution in [-0.4, -0.2) is 112 Å². The molecule has 1 aliphatic carbocycles. The van der Waals surface area contributed by atoms with E-state index in [4.69, 9.17) is 18.9 Å². The first kappa shape index (κ1) is 98.5. The summed E-state index contributed by atoms with van der Waals surface area (Å²) in [5.74, 6) is 0.799. The maximum atomic E-state index is 14.1. The van der Waals surface area contributed by atoms with Crippen LogP contribution in [0.2, 0.25) is 0 Å². The van der Waals surface area contributed by atoms with Gasteiger partial charge in [-0.2, -0.15) is 0 Å². The smallest absolute Gasteiger partial charge is 0.306 e. The van der Waals surface area contributed by atoms with E-state index in [-0.39, 0.29) is 87.9 Å². The highest BCUT2D eigenvalue weighted by atomic mass is 32.2. The van der Waals surface area contributed by atoms with Crippen LogP contribution in [0.25, 0.3) is 0 Å². The molecular formula is C91H168N2O10S2. The molecule has 2 rings (SSSR count). The molecule has 0 N–H and O–H groups in total. The van der Waals surface area contributed by atoms with Crippen LogP contribution >= 0.6 is 23.5 Å². The zero-order valence-corrected chi connectivity index (χ0v) is 72.0. The van der Waals surface area contributed by atoms with Gasteiger partial charge in [0.25, 0.3) is 5.24 Å². The molecule has 105 heavy (non-hydrogen) atoms. The third-order valence-electron chi connectivity index (χ3n) is 22.9. The van der Waals surface area contributed by atoms with Gasteiger partial charge in [-0.1, -0.05) is 284 Å². The Morgan fingerprint density at radius 3 is 0.981 bits per heavy atom. The van der Waals surface area contributed by atoms with Crippen LogP contribution in [0, 0.1) is 23.7 Å². The molecule has 6 atom stereocenters. The fourth-order valence-corrected chi connectivity index (χ4v) is 18.7. The summed E-state index contributed by atoms with van der Waals surface area (Å²) in [6, 6.07) is 0. The lowest BCUT2D eigenvalue weighted by atomic mass is 9.78. The zero-order valence-electron chi connectivity index (χ0n) is 70.3. The standard InChI is InChI=1S/C91H168N2O10S2/c1-12-20-26-32-38-56-80(57-39-33-27-21-13-2)100-86(94)64-46-54-78(90(98)104-84-68-71-92(11)74-84)55-47-65-87(95)102-82(60-42-36-30-24-16-5)62-44-52-76(50-18-7)77(51-19-8)53-45-63-83(61-43-37-31-25-17-6)103-89(97)67-49-70-93(91(99)105-85-72-79(73-85)75(9)10)69-48-66-88(96)101-81(58-40-34-28-22-14-3)59-41-35-29-23-15-4/h76-85H,9,12-74H2,1-8,10-11H3. The van der Waals surface area contributed by atoms with Crippen LogP contribution in [0.3, 0.4) is 0 Å². The number of hydrogen-bond donors (Lipinski definition) is 0. The van der Waals surface area contributed by atoms with Crippen molar-refractivity contribution in [3.63, 3.8) is 0 Å². The van der Waals surface area contributed by atoms with E-state index in [9.17, 15) is 28.8 Å². The second kappa shape index (κ2) is 67.1. The highest BCUT2D eigenvalue weighted by Gasteiger charge is 2.34. The molecule has 14 heteroatoms. The molecule has 1 amide bonds. The lowest BCUT2D eigenvalue weighted by Crippen LogP contribution is -2.35.